The van der Waals surface area contributed by atoms with E-state index < -0.39 is 0 Å². The van der Waals surface area contributed by atoms with Gasteiger partial charge in [0.2, 0.25) is 5.91 Å². The zero-order chi connectivity index (χ0) is 15.3. The molecule has 0 spiro atoms. The van der Waals surface area contributed by atoms with Crippen molar-refractivity contribution in [3.8, 4) is 0 Å². The summed E-state index contributed by atoms with van der Waals surface area (Å²) in [5, 5.41) is 2.87. The maximum atomic E-state index is 12.0. The van der Waals surface area contributed by atoms with Gasteiger partial charge in [-0.2, -0.15) is 0 Å². The molecule has 1 fully saturated rings. The number of nitrogens with two attached hydrogens (primary N) is 1. The minimum absolute atomic E-state index is 0.0141. The Balaban J connectivity index is 1.93. The molecule has 0 heterocycles. The number of esters is 1. The number of amides is 1. The third kappa shape index (κ3) is 3.92. The Kier molecular flexibility index (Phi) is 4.75. The minimum Gasteiger partial charge on any atom is -0.463 e. The lowest BCUT2D eigenvalue weighted by Crippen LogP contribution is -2.30. The predicted molar refractivity (Wildman–Crippen MR) is 81.5 cm³/mol. The van der Waals surface area contributed by atoms with Gasteiger partial charge >= 0.3 is 5.97 Å². The summed E-state index contributed by atoms with van der Waals surface area (Å²) >= 11 is 0. The van der Waals surface area contributed by atoms with Gasteiger partial charge in [0.15, 0.2) is 0 Å². The van der Waals surface area contributed by atoms with E-state index >= 15 is 0 Å². The predicted octanol–water partition coefficient (Wildman–Crippen LogP) is 1.94. The highest BCUT2D eigenvalue weighted by molar-refractivity contribution is 5.97. The lowest BCUT2D eigenvalue weighted by atomic mass is 10.1. The second-order valence-corrected chi connectivity index (χ2v) is 5.15. The molecule has 0 saturated heterocycles. The lowest BCUT2D eigenvalue weighted by molar-refractivity contribution is -0.137. The summed E-state index contributed by atoms with van der Waals surface area (Å²) in [6, 6.07) is 7.26. The molecule has 0 aromatic heterocycles. The molecule has 21 heavy (non-hydrogen) atoms. The van der Waals surface area contributed by atoms with E-state index in [0.717, 1.165) is 24.1 Å². The van der Waals surface area contributed by atoms with Crippen molar-refractivity contribution in [1.29, 1.82) is 0 Å². The second kappa shape index (κ2) is 6.54. The summed E-state index contributed by atoms with van der Waals surface area (Å²) < 4.78 is 4.80. The number of nitrogens with one attached hydrogen (secondary N) is 1. The van der Waals surface area contributed by atoms with Crippen molar-refractivity contribution in [3.05, 3.63) is 35.9 Å². The first-order chi connectivity index (χ1) is 10.1. The summed E-state index contributed by atoms with van der Waals surface area (Å²) in [7, 11) is 0. The van der Waals surface area contributed by atoms with Crippen LogP contribution in [0.1, 0.15) is 25.3 Å². The molecule has 5 nitrogen and oxygen atoms in total. The molecule has 1 aliphatic rings. The van der Waals surface area contributed by atoms with Crippen LogP contribution < -0.4 is 11.1 Å². The summed E-state index contributed by atoms with van der Waals surface area (Å²) in [6.07, 6.45) is 4.77. The molecular formula is C16H20N2O3. The fourth-order valence-corrected chi connectivity index (χ4v) is 1.97. The number of carbonyl (C=O) groups excluding carboxylic acids is 2. The Hall–Kier alpha value is -2.14. The van der Waals surface area contributed by atoms with E-state index in [1.165, 1.54) is 6.08 Å². The Morgan fingerprint density at radius 2 is 2.00 bits per heavy atom. The molecule has 0 radical (unpaired) electrons. The fourth-order valence-electron chi connectivity index (χ4n) is 1.97. The maximum absolute atomic E-state index is 12.0. The molecule has 1 saturated carbocycles. The molecule has 1 aromatic carbocycles. The normalized spacial score (nSPS) is 15.7. The lowest BCUT2D eigenvalue weighted by Gasteiger charge is -2.12. The van der Waals surface area contributed by atoms with E-state index in [9.17, 15) is 9.59 Å². The van der Waals surface area contributed by atoms with Crippen LogP contribution >= 0.6 is 0 Å². The molecule has 0 unspecified atom stereocenters. The topological polar surface area (TPSA) is 81.4 Å². The van der Waals surface area contributed by atoms with Crippen molar-refractivity contribution in [2.45, 2.75) is 19.8 Å². The Morgan fingerprint density at radius 3 is 2.52 bits per heavy atom. The Labute approximate surface area is 124 Å². The molecule has 2 rings (SSSR count). The van der Waals surface area contributed by atoms with E-state index in [4.69, 9.17) is 10.5 Å². The molecule has 1 aliphatic carbocycles. The molecule has 3 N–H and O–H groups in total. The van der Waals surface area contributed by atoms with E-state index in [2.05, 4.69) is 5.32 Å². The van der Waals surface area contributed by atoms with Crippen molar-refractivity contribution < 1.29 is 14.3 Å². The van der Waals surface area contributed by atoms with Crippen LogP contribution in [0.2, 0.25) is 0 Å². The van der Waals surface area contributed by atoms with Gasteiger partial charge in [-0.15, -0.1) is 0 Å². The SMILES string of the molecule is CCOC(=O)/C=C/c1ccc(NC(=O)C2(CN)CC2)cc1. The molecule has 0 bridgehead atoms. The highest BCUT2D eigenvalue weighted by Gasteiger charge is 2.48. The van der Waals surface area contributed by atoms with E-state index in [0.29, 0.717) is 13.2 Å². The van der Waals surface area contributed by atoms with Gasteiger partial charge in [0.1, 0.15) is 0 Å². The van der Waals surface area contributed by atoms with Crippen molar-refractivity contribution in [3.63, 3.8) is 0 Å². The minimum atomic E-state index is -0.367. The van der Waals surface area contributed by atoms with E-state index in [1.54, 1.807) is 25.1 Å². The smallest absolute Gasteiger partial charge is 0.330 e. The van der Waals surface area contributed by atoms with Gasteiger partial charge in [-0.05, 0) is 43.5 Å². The fraction of sp³-hybridized carbons (Fsp3) is 0.375. The number of hydrogen-bond acceptors (Lipinski definition) is 4. The van der Waals surface area contributed by atoms with Crippen LogP contribution in [0.5, 0.6) is 0 Å². The standard InChI is InChI=1S/C16H20N2O3/c1-2-21-14(19)8-5-12-3-6-13(7-4-12)18-15(20)16(11-17)9-10-16/h3-8H,2,9-11,17H2,1H3,(H,18,20)/b8-5+. The third-order valence-electron chi connectivity index (χ3n) is 3.59. The van der Waals surface area contributed by atoms with Gasteiger partial charge in [-0.3, -0.25) is 4.79 Å². The summed E-state index contributed by atoms with van der Waals surface area (Å²) in [6.45, 7) is 2.51. The third-order valence-corrected chi connectivity index (χ3v) is 3.59. The molecule has 1 aromatic rings. The maximum Gasteiger partial charge on any atom is 0.330 e. The van der Waals surface area contributed by atoms with Gasteiger partial charge < -0.3 is 15.8 Å². The summed E-state index contributed by atoms with van der Waals surface area (Å²) in [4.78, 5) is 23.2. The van der Waals surface area contributed by atoms with Crippen LogP contribution in [0.3, 0.4) is 0 Å². The van der Waals surface area contributed by atoms with E-state index in [1.807, 2.05) is 12.1 Å². The molecular weight excluding hydrogens is 268 g/mol. The number of ether oxygens (including phenoxy) is 1. The molecule has 5 heteroatoms. The largest absolute Gasteiger partial charge is 0.463 e. The van der Waals surface area contributed by atoms with Crippen molar-refractivity contribution >= 4 is 23.6 Å². The number of hydrogen-bond donors (Lipinski definition) is 2. The second-order valence-electron chi connectivity index (χ2n) is 5.15. The first-order valence-electron chi connectivity index (χ1n) is 7.06. The van der Waals surface area contributed by atoms with Gasteiger partial charge in [0, 0.05) is 18.3 Å². The van der Waals surface area contributed by atoms with Crippen molar-refractivity contribution in [2.24, 2.45) is 11.1 Å². The van der Waals surface area contributed by atoms with Crippen LogP contribution in [0.15, 0.2) is 30.3 Å². The first-order valence-corrected chi connectivity index (χ1v) is 7.06. The molecule has 0 aliphatic heterocycles. The average Bonchev–Trinajstić information content (AvgIpc) is 3.28. The monoisotopic (exact) mass is 288 g/mol. The van der Waals surface area contributed by atoms with Crippen LogP contribution in [-0.4, -0.2) is 25.0 Å². The number of rotatable bonds is 6. The van der Waals surface area contributed by atoms with Crippen LogP contribution in [0.4, 0.5) is 5.69 Å². The Bertz CT molecular complexity index is 545. The number of benzene rings is 1. The van der Waals surface area contributed by atoms with Crippen molar-refractivity contribution in [2.75, 3.05) is 18.5 Å². The summed E-state index contributed by atoms with van der Waals surface area (Å²) in [5.41, 5.74) is 6.86. The zero-order valence-corrected chi connectivity index (χ0v) is 12.1. The highest BCUT2D eigenvalue weighted by Crippen LogP contribution is 2.45. The van der Waals surface area contributed by atoms with Crippen LogP contribution in [0, 0.1) is 5.41 Å². The molecule has 0 atom stereocenters. The van der Waals surface area contributed by atoms with Crippen molar-refractivity contribution in [1.82, 2.24) is 0 Å². The molecule has 1 amide bonds. The van der Waals surface area contributed by atoms with Gasteiger partial charge in [-0.25, -0.2) is 4.79 Å². The number of carbonyl (C=O) groups is 2. The van der Waals surface area contributed by atoms with E-state index in [-0.39, 0.29) is 17.3 Å². The number of anilines is 1. The average molecular weight is 288 g/mol. The first kappa shape index (κ1) is 15.3. The van der Waals surface area contributed by atoms with Gasteiger partial charge in [0.25, 0.3) is 0 Å². The Morgan fingerprint density at radius 1 is 1.33 bits per heavy atom. The zero-order valence-electron chi connectivity index (χ0n) is 12.1. The highest BCUT2D eigenvalue weighted by atomic mass is 16.5. The molecule has 112 valence electrons. The van der Waals surface area contributed by atoms with Crippen LogP contribution in [-0.2, 0) is 14.3 Å². The van der Waals surface area contributed by atoms with Gasteiger partial charge in [-0.1, -0.05) is 12.1 Å². The van der Waals surface area contributed by atoms with Crippen LogP contribution in [0.25, 0.3) is 6.08 Å². The van der Waals surface area contributed by atoms with Gasteiger partial charge in [0.05, 0.1) is 12.0 Å². The quantitative estimate of drug-likeness (QED) is 0.619. The summed E-state index contributed by atoms with van der Waals surface area (Å²) in [5.74, 6) is -0.381.